The van der Waals surface area contributed by atoms with Crippen molar-refractivity contribution in [1.29, 1.82) is 0 Å². The number of hydrogen-bond donors (Lipinski definition) is 1. The highest BCUT2D eigenvalue weighted by Crippen LogP contribution is 2.28. The molecule has 1 saturated heterocycles. The van der Waals surface area contributed by atoms with Crippen LogP contribution < -0.4 is 10.9 Å². The summed E-state index contributed by atoms with van der Waals surface area (Å²) in [4.78, 5) is 27.5. The third-order valence-corrected chi connectivity index (χ3v) is 6.61. The number of rotatable bonds is 9. The summed E-state index contributed by atoms with van der Waals surface area (Å²) in [5, 5.41) is 2.93. The maximum absolute atomic E-state index is 13.4. The topological polar surface area (TPSA) is 54.3 Å². The first-order valence-corrected chi connectivity index (χ1v) is 12.2. The van der Waals surface area contributed by atoms with Crippen molar-refractivity contribution in [2.24, 2.45) is 0 Å². The second kappa shape index (κ2) is 11.9. The number of benzene rings is 2. The van der Waals surface area contributed by atoms with Crippen LogP contribution in [0.15, 0.2) is 71.7 Å². The van der Waals surface area contributed by atoms with Crippen LogP contribution in [0.25, 0.3) is 0 Å². The monoisotopic (exact) mass is 479 g/mol. The Bertz CT molecular complexity index is 1120. The zero-order valence-corrected chi connectivity index (χ0v) is 19.8. The van der Waals surface area contributed by atoms with Crippen LogP contribution in [0.4, 0.5) is 8.78 Å². The Morgan fingerprint density at radius 2 is 1.43 bits per heavy atom. The standard InChI is InChI=1S/C28H31F2N3O2/c29-24-9-4-21(5-10-24)26(22-6-11-25(30)12-7-22)14-15-31-28(35)23-8-13-27(34)33(20-23)19-18-32-16-2-1-3-17-32/h4-13,20,26H,1-3,14-19H2,(H,31,35). The van der Waals surface area contributed by atoms with Gasteiger partial charge in [0.05, 0.1) is 5.56 Å². The molecule has 0 saturated carbocycles. The molecule has 1 aliphatic rings. The number of nitrogens with one attached hydrogen (secondary N) is 1. The number of hydrogen-bond acceptors (Lipinski definition) is 3. The largest absolute Gasteiger partial charge is 0.352 e. The lowest BCUT2D eigenvalue weighted by molar-refractivity contribution is 0.0951. The fourth-order valence-corrected chi connectivity index (χ4v) is 4.62. The minimum Gasteiger partial charge on any atom is -0.352 e. The average molecular weight is 480 g/mol. The van der Waals surface area contributed by atoms with Gasteiger partial charge >= 0.3 is 0 Å². The Labute approximate surface area is 204 Å². The van der Waals surface area contributed by atoms with Gasteiger partial charge in [-0.3, -0.25) is 9.59 Å². The van der Waals surface area contributed by atoms with Gasteiger partial charge < -0.3 is 14.8 Å². The van der Waals surface area contributed by atoms with Crippen molar-refractivity contribution in [1.82, 2.24) is 14.8 Å². The summed E-state index contributed by atoms with van der Waals surface area (Å²) >= 11 is 0. The summed E-state index contributed by atoms with van der Waals surface area (Å²) in [5.74, 6) is -1.03. The van der Waals surface area contributed by atoms with E-state index in [0.29, 0.717) is 25.1 Å². The van der Waals surface area contributed by atoms with Gasteiger partial charge in [0.25, 0.3) is 11.5 Å². The van der Waals surface area contributed by atoms with E-state index < -0.39 is 0 Å². The number of halogens is 2. The zero-order valence-electron chi connectivity index (χ0n) is 19.8. The smallest absolute Gasteiger partial charge is 0.252 e. The number of piperidine rings is 1. The number of carbonyl (C=O) groups is 1. The molecule has 1 aliphatic heterocycles. The molecule has 0 atom stereocenters. The number of pyridine rings is 1. The van der Waals surface area contributed by atoms with Crippen molar-refractivity contribution >= 4 is 5.91 Å². The molecule has 1 amide bonds. The Morgan fingerprint density at radius 1 is 0.829 bits per heavy atom. The molecule has 5 nitrogen and oxygen atoms in total. The van der Waals surface area contributed by atoms with Crippen LogP contribution in [0.5, 0.6) is 0 Å². The Balaban J connectivity index is 1.39. The number of carbonyl (C=O) groups excluding carboxylic acids is 1. The highest BCUT2D eigenvalue weighted by molar-refractivity contribution is 5.93. The zero-order chi connectivity index (χ0) is 24.6. The van der Waals surface area contributed by atoms with E-state index in [1.807, 2.05) is 0 Å². The van der Waals surface area contributed by atoms with Gasteiger partial charge in [0.1, 0.15) is 11.6 Å². The van der Waals surface area contributed by atoms with Gasteiger partial charge in [0.15, 0.2) is 0 Å². The third-order valence-electron chi connectivity index (χ3n) is 6.61. The molecule has 184 valence electrons. The summed E-state index contributed by atoms with van der Waals surface area (Å²) in [6.45, 7) is 3.82. The minimum atomic E-state index is -0.324. The molecule has 3 aromatic rings. The molecule has 0 unspecified atom stereocenters. The van der Waals surface area contributed by atoms with E-state index in [1.165, 1.54) is 49.6 Å². The third kappa shape index (κ3) is 6.85. The van der Waals surface area contributed by atoms with Crippen LogP contribution in [0, 0.1) is 11.6 Å². The van der Waals surface area contributed by atoms with Crippen LogP contribution in [0.3, 0.4) is 0 Å². The second-order valence-corrected chi connectivity index (χ2v) is 9.05. The maximum Gasteiger partial charge on any atom is 0.252 e. The van der Waals surface area contributed by atoms with Crippen LogP contribution in [-0.4, -0.2) is 41.6 Å². The van der Waals surface area contributed by atoms with Gasteiger partial charge in [0.2, 0.25) is 0 Å². The van der Waals surface area contributed by atoms with Crippen LogP contribution in [0.2, 0.25) is 0 Å². The summed E-state index contributed by atoms with van der Waals surface area (Å²) in [7, 11) is 0. The average Bonchev–Trinajstić information content (AvgIpc) is 2.88. The SMILES string of the molecule is O=C(NCCC(c1ccc(F)cc1)c1ccc(F)cc1)c1ccc(=O)n(CCN2CCCCC2)c1. The second-order valence-electron chi connectivity index (χ2n) is 9.05. The van der Waals surface area contributed by atoms with E-state index in [9.17, 15) is 18.4 Å². The van der Waals surface area contributed by atoms with E-state index in [2.05, 4.69) is 10.2 Å². The van der Waals surface area contributed by atoms with Crippen molar-refractivity contribution in [3.05, 3.63) is 106 Å². The minimum absolute atomic E-state index is 0.119. The lowest BCUT2D eigenvalue weighted by Gasteiger charge is -2.26. The van der Waals surface area contributed by atoms with Crippen molar-refractivity contribution in [2.75, 3.05) is 26.2 Å². The molecule has 0 spiro atoms. The van der Waals surface area contributed by atoms with E-state index in [4.69, 9.17) is 0 Å². The Morgan fingerprint density at radius 3 is 2.03 bits per heavy atom. The van der Waals surface area contributed by atoms with Crippen molar-refractivity contribution in [3.8, 4) is 0 Å². The summed E-state index contributed by atoms with van der Waals surface area (Å²) in [6, 6.07) is 15.4. The fourth-order valence-electron chi connectivity index (χ4n) is 4.62. The van der Waals surface area contributed by atoms with Gasteiger partial charge in [-0.1, -0.05) is 30.7 Å². The first kappa shape index (κ1) is 24.8. The predicted molar refractivity (Wildman–Crippen MR) is 133 cm³/mol. The number of likely N-dealkylation sites (tertiary alicyclic amines) is 1. The number of nitrogens with zero attached hydrogens (tertiary/aromatic N) is 2. The molecular formula is C28H31F2N3O2. The molecular weight excluding hydrogens is 448 g/mol. The molecule has 1 fully saturated rings. The first-order chi connectivity index (χ1) is 17.0. The van der Waals surface area contributed by atoms with E-state index >= 15 is 0 Å². The van der Waals surface area contributed by atoms with E-state index in [0.717, 1.165) is 30.8 Å². The predicted octanol–water partition coefficient (Wildman–Crippen LogP) is 4.56. The highest BCUT2D eigenvalue weighted by Gasteiger charge is 2.16. The molecule has 1 aromatic heterocycles. The Hall–Kier alpha value is -3.32. The van der Waals surface area contributed by atoms with Crippen LogP contribution in [-0.2, 0) is 6.54 Å². The van der Waals surface area contributed by atoms with Crippen molar-refractivity contribution in [2.45, 2.75) is 38.1 Å². The van der Waals surface area contributed by atoms with Crippen molar-refractivity contribution in [3.63, 3.8) is 0 Å². The molecule has 35 heavy (non-hydrogen) atoms. The number of amides is 1. The quantitative estimate of drug-likeness (QED) is 0.489. The normalized spacial score (nSPS) is 14.3. The molecule has 2 aromatic carbocycles. The van der Waals surface area contributed by atoms with E-state index in [1.54, 1.807) is 41.1 Å². The van der Waals surface area contributed by atoms with Gasteiger partial charge in [-0.25, -0.2) is 8.78 Å². The molecule has 4 rings (SSSR count). The molecule has 0 aliphatic carbocycles. The van der Waals surface area contributed by atoms with Gasteiger partial charge in [-0.05, 0) is 73.8 Å². The molecule has 0 radical (unpaired) electrons. The van der Waals surface area contributed by atoms with Gasteiger partial charge in [-0.15, -0.1) is 0 Å². The molecule has 1 N–H and O–H groups in total. The number of aromatic nitrogens is 1. The highest BCUT2D eigenvalue weighted by atomic mass is 19.1. The fraction of sp³-hybridized carbons (Fsp3) is 0.357. The van der Waals surface area contributed by atoms with Gasteiger partial charge in [-0.2, -0.15) is 0 Å². The van der Waals surface area contributed by atoms with Gasteiger partial charge in [0, 0.05) is 37.8 Å². The first-order valence-electron chi connectivity index (χ1n) is 12.2. The van der Waals surface area contributed by atoms with Crippen LogP contribution in [0.1, 0.15) is 53.1 Å². The summed E-state index contributed by atoms with van der Waals surface area (Å²) in [5.41, 5.74) is 2.09. The molecule has 0 bridgehead atoms. The van der Waals surface area contributed by atoms with Crippen LogP contribution >= 0.6 is 0 Å². The maximum atomic E-state index is 13.4. The van der Waals surface area contributed by atoms with E-state index in [-0.39, 0.29) is 29.0 Å². The summed E-state index contributed by atoms with van der Waals surface area (Å²) in [6.07, 6.45) is 5.81. The molecule has 7 heteroatoms. The lowest BCUT2D eigenvalue weighted by atomic mass is 9.88. The summed E-state index contributed by atoms with van der Waals surface area (Å²) < 4.78 is 28.5. The Kier molecular flexibility index (Phi) is 8.42. The molecule has 2 heterocycles. The van der Waals surface area contributed by atoms with Crippen molar-refractivity contribution < 1.29 is 13.6 Å². The lowest BCUT2D eigenvalue weighted by Crippen LogP contribution is -2.35.